The van der Waals surface area contributed by atoms with Crippen molar-refractivity contribution in [1.82, 2.24) is 0 Å². The smallest absolute Gasteiger partial charge is 0.158 e. The molecule has 0 aliphatic carbocycles. The van der Waals surface area contributed by atoms with Gasteiger partial charge in [-0.2, -0.15) is 0 Å². The van der Waals surface area contributed by atoms with Crippen LogP contribution in [-0.2, 0) is 9.47 Å². The van der Waals surface area contributed by atoms with E-state index < -0.39 is 0 Å². The van der Waals surface area contributed by atoms with Crippen LogP contribution in [0.4, 0.5) is 0 Å². The largest absolute Gasteiger partial charge is 0.350 e. The summed E-state index contributed by atoms with van der Waals surface area (Å²) < 4.78 is 11.6. The van der Waals surface area contributed by atoms with E-state index in [1.165, 1.54) is 44.9 Å². The molecule has 0 amide bonds. The Bertz CT molecular complexity index is 172. The van der Waals surface area contributed by atoms with Crippen molar-refractivity contribution < 1.29 is 9.47 Å². The summed E-state index contributed by atoms with van der Waals surface area (Å²) in [4.78, 5) is 0. The highest BCUT2D eigenvalue weighted by Crippen LogP contribution is 2.21. The molecule has 1 aliphatic rings. The average Bonchev–Trinajstić information content (AvgIpc) is 2.26. The number of ether oxygens (including phenoxy) is 2. The van der Waals surface area contributed by atoms with Gasteiger partial charge in [0.25, 0.3) is 0 Å². The van der Waals surface area contributed by atoms with Crippen molar-refractivity contribution in [2.75, 3.05) is 0 Å². The van der Waals surface area contributed by atoms with E-state index in [0.29, 0.717) is 12.2 Å². The zero-order valence-corrected chi connectivity index (χ0v) is 11.9. The van der Waals surface area contributed by atoms with Crippen molar-refractivity contribution in [3.05, 3.63) is 0 Å². The fourth-order valence-electron chi connectivity index (χ4n) is 2.53. The van der Waals surface area contributed by atoms with Crippen LogP contribution in [0.2, 0.25) is 0 Å². The first-order valence-corrected chi connectivity index (χ1v) is 7.53. The van der Waals surface area contributed by atoms with Gasteiger partial charge in [0.1, 0.15) is 0 Å². The molecule has 1 fully saturated rings. The summed E-state index contributed by atoms with van der Waals surface area (Å²) in [7, 11) is 0. The molecule has 1 heterocycles. The van der Waals surface area contributed by atoms with Crippen molar-refractivity contribution in [1.29, 1.82) is 0 Å². The summed E-state index contributed by atoms with van der Waals surface area (Å²) in [6.45, 7) is 6.56. The zero-order valence-electron chi connectivity index (χ0n) is 11.9. The van der Waals surface area contributed by atoms with Crippen molar-refractivity contribution in [3.63, 3.8) is 0 Å². The topological polar surface area (TPSA) is 18.5 Å². The lowest BCUT2D eigenvalue weighted by Crippen LogP contribution is -2.35. The first kappa shape index (κ1) is 15.0. The average molecular weight is 242 g/mol. The lowest BCUT2D eigenvalue weighted by atomic mass is 10.1. The number of rotatable bonds is 8. The number of hydrogen-bond acceptors (Lipinski definition) is 2. The van der Waals surface area contributed by atoms with Crippen LogP contribution in [0.25, 0.3) is 0 Å². The molecular formula is C15H30O2. The van der Waals surface area contributed by atoms with E-state index in [-0.39, 0.29) is 6.29 Å². The summed E-state index contributed by atoms with van der Waals surface area (Å²) in [6, 6.07) is 0. The van der Waals surface area contributed by atoms with Gasteiger partial charge in [-0.25, -0.2) is 0 Å². The first-order chi connectivity index (χ1) is 8.22. The molecule has 2 nitrogen and oxygen atoms in total. The van der Waals surface area contributed by atoms with Crippen molar-refractivity contribution in [3.8, 4) is 0 Å². The lowest BCUT2D eigenvalue weighted by Gasteiger charge is -2.32. The Hall–Kier alpha value is -0.0800. The van der Waals surface area contributed by atoms with Gasteiger partial charge in [-0.15, -0.1) is 0 Å². The first-order valence-electron chi connectivity index (χ1n) is 7.53. The molecule has 0 aromatic carbocycles. The standard InChI is InChI=1S/C15H30O2/c1-4-5-6-7-8-9-10-11-15-16-13(2)12-14(3)17-15/h13-15H,4-12H2,1-3H3/t13-,14-/m1/s1. The normalized spacial score (nSPS) is 29.5. The van der Waals surface area contributed by atoms with Crippen LogP contribution in [0.15, 0.2) is 0 Å². The van der Waals surface area contributed by atoms with E-state index in [1.54, 1.807) is 0 Å². The van der Waals surface area contributed by atoms with E-state index in [1.807, 2.05) is 0 Å². The third-order valence-electron chi connectivity index (χ3n) is 3.48. The van der Waals surface area contributed by atoms with Crippen LogP contribution in [-0.4, -0.2) is 18.5 Å². The molecule has 0 bridgehead atoms. The van der Waals surface area contributed by atoms with Crippen LogP contribution in [0, 0.1) is 0 Å². The minimum Gasteiger partial charge on any atom is -0.350 e. The second-order valence-corrected chi connectivity index (χ2v) is 5.47. The molecule has 0 aromatic rings. The van der Waals surface area contributed by atoms with Gasteiger partial charge in [-0.05, 0) is 33.1 Å². The fourth-order valence-corrected chi connectivity index (χ4v) is 2.53. The van der Waals surface area contributed by atoms with Gasteiger partial charge >= 0.3 is 0 Å². The number of unbranched alkanes of at least 4 members (excludes halogenated alkanes) is 6. The molecule has 0 saturated carbocycles. The maximum absolute atomic E-state index is 5.78. The highest BCUT2D eigenvalue weighted by atomic mass is 16.7. The molecule has 1 saturated heterocycles. The quantitative estimate of drug-likeness (QED) is 0.576. The molecule has 0 aromatic heterocycles. The second-order valence-electron chi connectivity index (χ2n) is 5.47. The van der Waals surface area contributed by atoms with E-state index in [9.17, 15) is 0 Å². The minimum absolute atomic E-state index is 0.0596. The molecule has 0 spiro atoms. The highest BCUT2D eigenvalue weighted by molar-refractivity contribution is 4.65. The molecule has 1 rings (SSSR count). The van der Waals surface area contributed by atoms with E-state index in [4.69, 9.17) is 9.47 Å². The maximum Gasteiger partial charge on any atom is 0.158 e. The molecular weight excluding hydrogens is 212 g/mol. The van der Waals surface area contributed by atoms with Crippen molar-refractivity contribution in [2.24, 2.45) is 0 Å². The lowest BCUT2D eigenvalue weighted by molar-refractivity contribution is -0.236. The van der Waals surface area contributed by atoms with Crippen LogP contribution in [0.1, 0.15) is 78.6 Å². The molecule has 1 aliphatic heterocycles. The Morgan fingerprint density at radius 1 is 0.824 bits per heavy atom. The summed E-state index contributed by atoms with van der Waals surface area (Å²) >= 11 is 0. The summed E-state index contributed by atoms with van der Waals surface area (Å²) in [5, 5.41) is 0. The molecule has 0 radical (unpaired) electrons. The van der Waals surface area contributed by atoms with Gasteiger partial charge < -0.3 is 9.47 Å². The third-order valence-corrected chi connectivity index (χ3v) is 3.48. The summed E-state index contributed by atoms with van der Waals surface area (Å²) in [5.41, 5.74) is 0. The predicted molar refractivity (Wildman–Crippen MR) is 72.1 cm³/mol. The maximum atomic E-state index is 5.78. The Morgan fingerprint density at radius 3 is 1.94 bits per heavy atom. The molecule has 0 N–H and O–H groups in total. The molecule has 17 heavy (non-hydrogen) atoms. The summed E-state index contributed by atoms with van der Waals surface area (Å²) in [5.74, 6) is 0. The van der Waals surface area contributed by atoms with Gasteiger partial charge in [0.15, 0.2) is 6.29 Å². The van der Waals surface area contributed by atoms with Gasteiger partial charge in [0.05, 0.1) is 12.2 Å². The molecule has 0 unspecified atom stereocenters. The molecule has 2 atom stereocenters. The van der Waals surface area contributed by atoms with E-state index in [0.717, 1.165) is 12.8 Å². The monoisotopic (exact) mass is 242 g/mol. The van der Waals surface area contributed by atoms with E-state index in [2.05, 4.69) is 20.8 Å². The number of hydrogen-bond donors (Lipinski definition) is 0. The third kappa shape index (κ3) is 7.05. The molecule has 102 valence electrons. The van der Waals surface area contributed by atoms with Crippen LogP contribution < -0.4 is 0 Å². The van der Waals surface area contributed by atoms with Crippen molar-refractivity contribution in [2.45, 2.75) is 97.1 Å². The van der Waals surface area contributed by atoms with E-state index >= 15 is 0 Å². The van der Waals surface area contributed by atoms with Gasteiger partial charge in [0.2, 0.25) is 0 Å². The predicted octanol–water partition coefficient (Wildman–Crippen LogP) is 4.67. The van der Waals surface area contributed by atoms with Gasteiger partial charge in [0, 0.05) is 0 Å². The van der Waals surface area contributed by atoms with Crippen LogP contribution in [0.5, 0.6) is 0 Å². The zero-order chi connectivity index (χ0) is 12.5. The highest BCUT2D eigenvalue weighted by Gasteiger charge is 2.24. The van der Waals surface area contributed by atoms with Gasteiger partial charge in [-0.3, -0.25) is 0 Å². The van der Waals surface area contributed by atoms with Crippen LogP contribution in [0.3, 0.4) is 0 Å². The van der Waals surface area contributed by atoms with Crippen LogP contribution >= 0.6 is 0 Å². The molecule has 2 heteroatoms. The minimum atomic E-state index is 0.0596. The fraction of sp³-hybridized carbons (Fsp3) is 1.00. The Labute approximate surface area is 107 Å². The van der Waals surface area contributed by atoms with Crippen molar-refractivity contribution >= 4 is 0 Å². The Balaban J connectivity index is 1.95. The SMILES string of the molecule is CCCCCCCCCC1O[C@H](C)C[C@@H](C)O1. The second kappa shape index (κ2) is 8.93. The van der Waals surface area contributed by atoms with Gasteiger partial charge in [-0.1, -0.05) is 45.4 Å². The summed E-state index contributed by atoms with van der Waals surface area (Å²) in [6.07, 6.45) is 12.4. The Kier molecular flexibility index (Phi) is 7.87. The Morgan fingerprint density at radius 2 is 1.35 bits per heavy atom.